The van der Waals surface area contributed by atoms with Gasteiger partial charge in [0.25, 0.3) is 0 Å². The minimum Gasteiger partial charge on any atom is -0.507 e. The molecule has 0 fully saturated rings. The van der Waals surface area contributed by atoms with Crippen molar-refractivity contribution in [2.75, 3.05) is 17.5 Å². The van der Waals surface area contributed by atoms with Crippen molar-refractivity contribution in [3.63, 3.8) is 0 Å². The summed E-state index contributed by atoms with van der Waals surface area (Å²) in [4.78, 5) is 14.6. The quantitative estimate of drug-likeness (QED) is 0.514. The van der Waals surface area contributed by atoms with E-state index in [1.807, 2.05) is 0 Å². The summed E-state index contributed by atoms with van der Waals surface area (Å²) in [5.74, 6) is -0.335. The summed E-state index contributed by atoms with van der Waals surface area (Å²) in [5.41, 5.74) is 2.68. The molecule has 3 aromatic rings. The van der Waals surface area contributed by atoms with Crippen LogP contribution in [0.3, 0.4) is 0 Å². The molecule has 2 heterocycles. The largest absolute Gasteiger partial charge is 0.507 e. The maximum Gasteiger partial charge on any atom is 0.229 e. The molecule has 0 unspecified atom stereocenters. The van der Waals surface area contributed by atoms with Gasteiger partial charge in [-0.05, 0) is 23.8 Å². The van der Waals surface area contributed by atoms with Crippen molar-refractivity contribution >= 4 is 33.2 Å². The molecular formula is C21H20ClN3O6S. The minimum absolute atomic E-state index is 0.0503. The van der Waals surface area contributed by atoms with Crippen LogP contribution in [0.2, 0.25) is 5.02 Å². The van der Waals surface area contributed by atoms with Crippen LogP contribution in [0.5, 0.6) is 11.5 Å². The van der Waals surface area contributed by atoms with E-state index in [1.54, 1.807) is 29.2 Å². The third-order valence-electron chi connectivity index (χ3n) is 5.09. The van der Waals surface area contributed by atoms with E-state index in [4.69, 9.17) is 16.1 Å². The fraction of sp³-hybridized carbons (Fsp3) is 0.238. The van der Waals surface area contributed by atoms with Crippen molar-refractivity contribution in [2.45, 2.75) is 19.4 Å². The smallest absolute Gasteiger partial charge is 0.229 e. The molecule has 2 aromatic carbocycles. The number of sulfonamides is 1. The number of benzene rings is 2. The standard InChI is InChI=1S/C21H20ClN3O6S/c1-32(29,30)24-13-4-2-3-12(7-13)8-20(28)25-6-5-17-15(11-25)21(31-23-17)14-9-16(22)19(27)10-18(14)26/h2-4,7,9-10,24,26-27H,5-6,8,11H2,1H3. The number of carbonyl (C=O) groups excluding carboxylic acids is 1. The SMILES string of the molecule is CS(=O)(=O)Nc1cccc(CC(=O)N2CCc3noc(-c4cc(Cl)c(O)cc4O)c3C2)c1. The van der Waals surface area contributed by atoms with Gasteiger partial charge in [-0.3, -0.25) is 9.52 Å². The Labute approximate surface area is 189 Å². The topological polar surface area (TPSA) is 133 Å². The van der Waals surface area contributed by atoms with Crippen LogP contribution in [0, 0.1) is 0 Å². The number of amides is 1. The molecule has 32 heavy (non-hydrogen) atoms. The number of rotatable bonds is 5. The molecule has 0 aliphatic carbocycles. The van der Waals surface area contributed by atoms with Crippen LogP contribution in [0.15, 0.2) is 40.9 Å². The highest BCUT2D eigenvalue weighted by atomic mass is 35.5. The summed E-state index contributed by atoms with van der Waals surface area (Å²) in [6, 6.07) is 9.17. The molecule has 168 valence electrons. The van der Waals surface area contributed by atoms with E-state index >= 15 is 0 Å². The van der Waals surface area contributed by atoms with E-state index in [2.05, 4.69) is 9.88 Å². The molecule has 1 aliphatic heterocycles. The number of carbonyl (C=O) groups is 1. The number of aromatic nitrogens is 1. The summed E-state index contributed by atoms with van der Waals surface area (Å²) >= 11 is 5.98. The van der Waals surface area contributed by atoms with Crippen LogP contribution in [0.4, 0.5) is 5.69 Å². The van der Waals surface area contributed by atoms with E-state index in [0.717, 1.165) is 12.3 Å². The van der Waals surface area contributed by atoms with Crippen LogP contribution in [0.25, 0.3) is 11.3 Å². The van der Waals surface area contributed by atoms with Crippen molar-refractivity contribution in [1.29, 1.82) is 0 Å². The van der Waals surface area contributed by atoms with Crippen LogP contribution < -0.4 is 4.72 Å². The molecule has 1 aromatic heterocycles. The number of fused-ring (bicyclic) bond motifs is 1. The molecule has 0 bridgehead atoms. The average Bonchev–Trinajstić information content (AvgIpc) is 3.12. The van der Waals surface area contributed by atoms with E-state index in [0.29, 0.717) is 35.5 Å². The first-order valence-electron chi connectivity index (χ1n) is 9.64. The lowest BCUT2D eigenvalue weighted by Crippen LogP contribution is -2.36. The van der Waals surface area contributed by atoms with Gasteiger partial charge in [0.05, 0.1) is 35.5 Å². The Kier molecular flexibility index (Phi) is 5.74. The van der Waals surface area contributed by atoms with Crippen molar-refractivity contribution in [3.05, 3.63) is 58.2 Å². The number of hydrogen-bond donors (Lipinski definition) is 3. The van der Waals surface area contributed by atoms with E-state index < -0.39 is 10.0 Å². The Morgan fingerprint density at radius 1 is 1.25 bits per heavy atom. The second-order valence-electron chi connectivity index (χ2n) is 7.57. The summed E-state index contributed by atoms with van der Waals surface area (Å²) in [5, 5.41) is 24.0. The van der Waals surface area contributed by atoms with Crippen molar-refractivity contribution in [3.8, 4) is 22.8 Å². The predicted octanol–water partition coefficient (Wildman–Crippen LogP) is 2.91. The number of nitrogens with zero attached hydrogens (tertiary/aromatic N) is 2. The summed E-state index contributed by atoms with van der Waals surface area (Å²) in [6.45, 7) is 0.674. The zero-order valence-electron chi connectivity index (χ0n) is 17.0. The molecule has 0 saturated carbocycles. The fourth-order valence-corrected chi connectivity index (χ4v) is 4.33. The van der Waals surface area contributed by atoms with Gasteiger partial charge in [0.15, 0.2) is 5.76 Å². The Morgan fingerprint density at radius 3 is 2.78 bits per heavy atom. The number of halogens is 1. The van der Waals surface area contributed by atoms with E-state index in [9.17, 15) is 23.4 Å². The highest BCUT2D eigenvalue weighted by Gasteiger charge is 2.29. The lowest BCUT2D eigenvalue weighted by molar-refractivity contribution is -0.131. The molecule has 0 radical (unpaired) electrons. The molecule has 1 aliphatic rings. The number of nitrogens with one attached hydrogen (secondary N) is 1. The second-order valence-corrected chi connectivity index (χ2v) is 9.73. The maximum atomic E-state index is 12.9. The summed E-state index contributed by atoms with van der Waals surface area (Å²) in [7, 11) is -3.42. The number of anilines is 1. The fourth-order valence-electron chi connectivity index (χ4n) is 3.61. The minimum atomic E-state index is -3.42. The monoisotopic (exact) mass is 477 g/mol. The van der Waals surface area contributed by atoms with Crippen molar-refractivity contribution in [1.82, 2.24) is 10.1 Å². The average molecular weight is 478 g/mol. The van der Waals surface area contributed by atoms with Gasteiger partial charge in [0.2, 0.25) is 15.9 Å². The Balaban J connectivity index is 1.54. The third kappa shape index (κ3) is 4.66. The molecule has 0 saturated heterocycles. The van der Waals surface area contributed by atoms with Gasteiger partial charge in [0.1, 0.15) is 11.5 Å². The number of aromatic hydroxyl groups is 2. The third-order valence-corrected chi connectivity index (χ3v) is 5.99. The lowest BCUT2D eigenvalue weighted by atomic mass is 10.00. The first kappa shape index (κ1) is 22.0. The van der Waals surface area contributed by atoms with Gasteiger partial charge >= 0.3 is 0 Å². The summed E-state index contributed by atoms with van der Waals surface area (Å²) < 4.78 is 30.7. The Bertz CT molecular complexity index is 1300. The van der Waals surface area contributed by atoms with E-state index in [1.165, 1.54) is 6.07 Å². The molecule has 3 N–H and O–H groups in total. The number of hydrogen-bond acceptors (Lipinski definition) is 7. The lowest BCUT2D eigenvalue weighted by Gasteiger charge is -2.26. The summed E-state index contributed by atoms with van der Waals surface area (Å²) in [6.07, 6.45) is 1.63. The molecule has 11 heteroatoms. The zero-order valence-corrected chi connectivity index (χ0v) is 18.6. The first-order valence-corrected chi connectivity index (χ1v) is 11.9. The molecule has 9 nitrogen and oxygen atoms in total. The highest BCUT2D eigenvalue weighted by Crippen LogP contribution is 2.40. The van der Waals surface area contributed by atoms with Crippen molar-refractivity contribution < 1.29 is 27.9 Å². The van der Waals surface area contributed by atoms with Crippen LogP contribution in [-0.2, 0) is 34.2 Å². The van der Waals surface area contributed by atoms with Gasteiger partial charge < -0.3 is 19.6 Å². The number of phenolic OH excluding ortho intramolecular Hbond substituents is 2. The Morgan fingerprint density at radius 2 is 2.03 bits per heavy atom. The van der Waals surface area contributed by atoms with Gasteiger partial charge in [-0.1, -0.05) is 28.9 Å². The van der Waals surface area contributed by atoms with Crippen molar-refractivity contribution in [2.24, 2.45) is 0 Å². The van der Waals surface area contributed by atoms with E-state index in [-0.39, 0.29) is 46.7 Å². The molecule has 1 amide bonds. The molecular weight excluding hydrogens is 458 g/mol. The van der Waals surface area contributed by atoms with Crippen LogP contribution >= 0.6 is 11.6 Å². The van der Waals surface area contributed by atoms with Gasteiger partial charge in [0, 0.05) is 30.3 Å². The maximum absolute atomic E-state index is 12.9. The molecule has 4 rings (SSSR count). The normalized spacial score (nSPS) is 13.6. The van der Waals surface area contributed by atoms with Gasteiger partial charge in [-0.15, -0.1) is 0 Å². The van der Waals surface area contributed by atoms with Crippen LogP contribution in [-0.4, -0.2) is 47.4 Å². The number of phenols is 2. The van der Waals surface area contributed by atoms with Gasteiger partial charge in [-0.25, -0.2) is 8.42 Å². The van der Waals surface area contributed by atoms with Gasteiger partial charge in [-0.2, -0.15) is 0 Å². The predicted molar refractivity (Wildman–Crippen MR) is 118 cm³/mol. The molecule has 0 spiro atoms. The zero-order chi connectivity index (χ0) is 23.0. The first-order chi connectivity index (χ1) is 15.1. The van der Waals surface area contributed by atoms with Crippen LogP contribution in [0.1, 0.15) is 16.8 Å². The Hall–Kier alpha value is -3.24. The molecule has 0 atom stereocenters. The highest BCUT2D eigenvalue weighted by molar-refractivity contribution is 7.92. The second kappa shape index (κ2) is 8.36.